The number of furan rings is 1. The number of amides is 2. The van der Waals surface area contributed by atoms with Crippen LogP contribution in [0, 0.1) is 16.7 Å². The van der Waals surface area contributed by atoms with Gasteiger partial charge in [0.2, 0.25) is 0 Å². The molecule has 20 heavy (non-hydrogen) atoms. The van der Waals surface area contributed by atoms with Gasteiger partial charge < -0.3 is 15.1 Å². The highest BCUT2D eigenvalue weighted by Crippen LogP contribution is 2.65. The van der Waals surface area contributed by atoms with E-state index in [0.29, 0.717) is 12.0 Å². The monoisotopic (exact) mass is 276 g/mol. The second-order valence-electron chi connectivity index (χ2n) is 7.07. The van der Waals surface area contributed by atoms with Gasteiger partial charge in [-0.1, -0.05) is 20.8 Å². The molecule has 0 unspecified atom stereocenters. The summed E-state index contributed by atoms with van der Waals surface area (Å²) in [7, 11) is 0. The standard InChI is InChI=1S/C16H24N2O2/c1-15(2)11-6-7-16(15,3)13(9-11)18-14(19)17-10-12-5-4-8-20-12/h4-5,8,11,13H,6-7,9-10H2,1-3H3,(H2,17,18,19)/t11-,13-,16+/m1/s1. The van der Waals surface area contributed by atoms with Gasteiger partial charge in [-0.15, -0.1) is 0 Å². The number of rotatable bonds is 3. The summed E-state index contributed by atoms with van der Waals surface area (Å²) in [6.45, 7) is 7.48. The molecule has 2 N–H and O–H groups in total. The molecule has 3 rings (SSSR count). The molecule has 0 spiro atoms. The van der Waals surface area contributed by atoms with E-state index in [-0.39, 0.29) is 17.5 Å². The molecule has 110 valence electrons. The average Bonchev–Trinajstić information content (AvgIpc) is 3.02. The second-order valence-corrected chi connectivity index (χ2v) is 7.07. The van der Waals surface area contributed by atoms with Crippen LogP contribution >= 0.6 is 0 Å². The molecular weight excluding hydrogens is 252 g/mol. The summed E-state index contributed by atoms with van der Waals surface area (Å²) in [5, 5.41) is 6.05. The topological polar surface area (TPSA) is 54.3 Å². The van der Waals surface area contributed by atoms with Gasteiger partial charge in [0.05, 0.1) is 12.8 Å². The SMILES string of the molecule is CC1(C)[C@@H]2CC[C@@]1(C)[C@H](NC(=O)NCc1ccco1)C2. The third-order valence-corrected chi connectivity index (χ3v) is 6.10. The maximum atomic E-state index is 12.1. The molecule has 1 aromatic rings. The lowest BCUT2D eigenvalue weighted by Gasteiger charge is -2.39. The van der Waals surface area contributed by atoms with Crippen LogP contribution in [0.5, 0.6) is 0 Å². The largest absolute Gasteiger partial charge is 0.467 e. The Morgan fingerprint density at radius 1 is 1.45 bits per heavy atom. The molecule has 3 atom stereocenters. The van der Waals surface area contributed by atoms with Crippen molar-refractivity contribution in [2.24, 2.45) is 16.7 Å². The zero-order valence-electron chi connectivity index (χ0n) is 12.5. The Morgan fingerprint density at radius 2 is 2.25 bits per heavy atom. The molecule has 0 aromatic carbocycles. The average molecular weight is 276 g/mol. The molecule has 0 aliphatic heterocycles. The van der Waals surface area contributed by atoms with Crippen LogP contribution in [0.25, 0.3) is 0 Å². The van der Waals surface area contributed by atoms with Crippen molar-refractivity contribution in [3.05, 3.63) is 24.2 Å². The van der Waals surface area contributed by atoms with Crippen LogP contribution in [0.1, 0.15) is 45.8 Å². The quantitative estimate of drug-likeness (QED) is 0.890. The number of carbonyl (C=O) groups excluding carboxylic acids is 1. The molecule has 0 saturated heterocycles. The van der Waals surface area contributed by atoms with Crippen molar-refractivity contribution in [1.82, 2.24) is 10.6 Å². The highest BCUT2D eigenvalue weighted by atomic mass is 16.3. The van der Waals surface area contributed by atoms with E-state index in [1.54, 1.807) is 6.26 Å². The fraction of sp³-hybridized carbons (Fsp3) is 0.688. The Kier molecular flexibility index (Phi) is 3.07. The maximum Gasteiger partial charge on any atom is 0.315 e. The first-order valence-corrected chi connectivity index (χ1v) is 7.50. The van der Waals surface area contributed by atoms with Crippen LogP contribution in [-0.4, -0.2) is 12.1 Å². The van der Waals surface area contributed by atoms with Crippen molar-refractivity contribution in [2.45, 2.75) is 52.6 Å². The highest BCUT2D eigenvalue weighted by Gasteiger charge is 2.61. The Labute approximate surface area is 120 Å². The number of nitrogens with one attached hydrogen (secondary N) is 2. The van der Waals surface area contributed by atoms with Crippen molar-refractivity contribution in [3.63, 3.8) is 0 Å². The van der Waals surface area contributed by atoms with E-state index < -0.39 is 0 Å². The molecule has 2 aliphatic rings. The Bertz CT molecular complexity index is 495. The summed E-state index contributed by atoms with van der Waals surface area (Å²) in [6.07, 6.45) is 5.25. The Hall–Kier alpha value is -1.45. The lowest BCUT2D eigenvalue weighted by molar-refractivity contribution is 0.123. The third kappa shape index (κ3) is 1.93. The minimum absolute atomic E-state index is 0.0871. The van der Waals surface area contributed by atoms with Gasteiger partial charge in [-0.3, -0.25) is 0 Å². The van der Waals surface area contributed by atoms with Crippen LogP contribution in [0.3, 0.4) is 0 Å². The van der Waals surface area contributed by atoms with E-state index in [9.17, 15) is 4.79 Å². The van der Waals surface area contributed by atoms with Gasteiger partial charge in [0.1, 0.15) is 5.76 Å². The number of urea groups is 1. The van der Waals surface area contributed by atoms with Gasteiger partial charge in [-0.2, -0.15) is 0 Å². The summed E-state index contributed by atoms with van der Waals surface area (Å²) in [5.41, 5.74) is 0.547. The minimum Gasteiger partial charge on any atom is -0.467 e. The molecule has 2 amide bonds. The molecule has 2 saturated carbocycles. The summed E-state index contributed by atoms with van der Waals surface area (Å²) in [4.78, 5) is 12.1. The fourth-order valence-electron chi connectivity index (χ4n) is 4.21. The summed E-state index contributed by atoms with van der Waals surface area (Å²) in [5.74, 6) is 1.52. The molecule has 2 fully saturated rings. The zero-order valence-corrected chi connectivity index (χ0v) is 12.5. The molecule has 4 nitrogen and oxygen atoms in total. The van der Waals surface area contributed by atoms with Gasteiger partial charge in [-0.25, -0.2) is 4.79 Å². The molecule has 2 bridgehead atoms. The molecule has 0 radical (unpaired) electrons. The summed E-state index contributed by atoms with van der Waals surface area (Å²) in [6, 6.07) is 3.89. The van der Waals surface area contributed by atoms with Gasteiger partial charge in [-0.05, 0) is 48.1 Å². The van der Waals surface area contributed by atoms with Crippen LogP contribution in [0.2, 0.25) is 0 Å². The van der Waals surface area contributed by atoms with Crippen molar-refractivity contribution < 1.29 is 9.21 Å². The third-order valence-electron chi connectivity index (χ3n) is 6.10. The van der Waals surface area contributed by atoms with E-state index >= 15 is 0 Å². The van der Waals surface area contributed by atoms with E-state index in [2.05, 4.69) is 31.4 Å². The number of hydrogen-bond acceptors (Lipinski definition) is 2. The first kappa shape index (κ1) is 13.5. The lowest BCUT2D eigenvalue weighted by Crippen LogP contribution is -2.49. The van der Waals surface area contributed by atoms with E-state index in [1.165, 1.54) is 12.8 Å². The molecule has 2 aliphatic carbocycles. The van der Waals surface area contributed by atoms with Crippen LogP contribution < -0.4 is 10.6 Å². The minimum atomic E-state index is -0.0871. The number of hydrogen-bond donors (Lipinski definition) is 2. The number of carbonyl (C=O) groups is 1. The van der Waals surface area contributed by atoms with Gasteiger partial charge >= 0.3 is 6.03 Å². The van der Waals surface area contributed by atoms with E-state index in [0.717, 1.165) is 18.1 Å². The predicted octanol–water partition coefficient (Wildman–Crippen LogP) is 3.29. The Balaban J connectivity index is 1.58. The summed E-state index contributed by atoms with van der Waals surface area (Å²) < 4.78 is 5.21. The van der Waals surface area contributed by atoms with E-state index in [1.807, 2.05) is 12.1 Å². The van der Waals surface area contributed by atoms with Crippen LogP contribution in [0.4, 0.5) is 4.79 Å². The molecule has 1 aromatic heterocycles. The summed E-state index contributed by atoms with van der Waals surface area (Å²) >= 11 is 0. The lowest BCUT2D eigenvalue weighted by atomic mass is 9.69. The zero-order chi connectivity index (χ0) is 14.4. The molecule has 1 heterocycles. The molecular formula is C16H24N2O2. The smallest absolute Gasteiger partial charge is 0.315 e. The first-order chi connectivity index (χ1) is 9.43. The first-order valence-electron chi connectivity index (χ1n) is 7.50. The number of fused-ring (bicyclic) bond motifs is 2. The van der Waals surface area contributed by atoms with Gasteiger partial charge in [0, 0.05) is 6.04 Å². The maximum absolute atomic E-state index is 12.1. The predicted molar refractivity (Wildman–Crippen MR) is 77.1 cm³/mol. The molecule has 4 heteroatoms. The van der Waals surface area contributed by atoms with Crippen molar-refractivity contribution in [3.8, 4) is 0 Å². The second kappa shape index (κ2) is 4.54. The van der Waals surface area contributed by atoms with Crippen LogP contribution in [0.15, 0.2) is 22.8 Å². The Morgan fingerprint density at radius 3 is 2.80 bits per heavy atom. The van der Waals surface area contributed by atoms with Crippen molar-refractivity contribution >= 4 is 6.03 Å². The normalized spacial score (nSPS) is 34.1. The fourth-order valence-corrected chi connectivity index (χ4v) is 4.21. The van der Waals surface area contributed by atoms with E-state index in [4.69, 9.17) is 4.42 Å². The highest BCUT2D eigenvalue weighted by molar-refractivity contribution is 5.74. The van der Waals surface area contributed by atoms with Crippen molar-refractivity contribution in [1.29, 1.82) is 0 Å². The van der Waals surface area contributed by atoms with Crippen LogP contribution in [-0.2, 0) is 6.54 Å². The van der Waals surface area contributed by atoms with Gasteiger partial charge in [0.15, 0.2) is 0 Å². The van der Waals surface area contributed by atoms with Gasteiger partial charge in [0.25, 0.3) is 0 Å². The van der Waals surface area contributed by atoms with Crippen molar-refractivity contribution in [2.75, 3.05) is 0 Å².